The van der Waals surface area contributed by atoms with Gasteiger partial charge < -0.3 is 19.9 Å². The Morgan fingerprint density at radius 2 is 2.29 bits per heavy atom. The Balaban J connectivity index is 1.94. The van der Waals surface area contributed by atoms with Crippen LogP contribution < -0.4 is 10.1 Å². The van der Waals surface area contributed by atoms with E-state index in [-0.39, 0.29) is 19.6 Å². The number of carbonyl (C=O) groups excluding carboxylic acids is 1. The Hall–Kier alpha value is -1.60. The summed E-state index contributed by atoms with van der Waals surface area (Å²) in [5.74, 6) is -1.05. The average Bonchev–Trinajstić information content (AvgIpc) is 2.87. The van der Waals surface area contributed by atoms with Gasteiger partial charge in [0.2, 0.25) is 0 Å². The second-order valence-corrected chi connectivity index (χ2v) is 5.81. The van der Waals surface area contributed by atoms with Gasteiger partial charge in [0.1, 0.15) is 5.75 Å². The molecule has 1 aromatic carbocycles. The van der Waals surface area contributed by atoms with Crippen LogP contribution in [0.25, 0.3) is 0 Å². The van der Waals surface area contributed by atoms with Crippen LogP contribution in [0.5, 0.6) is 5.75 Å². The molecule has 1 aromatic rings. The molecule has 1 fully saturated rings. The van der Waals surface area contributed by atoms with Crippen LogP contribution in [0.2, 0.25) is 0 Å². The number of hydrogen-bond acceptors (Lipinski definition) is 4. The molecule has 0 aromatic heterocycles. The summed E-state index contributed by atoms with van der Waals surface area (Å²) >= 11 is 3.35. The predicted octanol–water partition coefficient (Wildman–Crippen LogP) is 1.50. The molecule has 1 atom stereocenters. The topological polar surface area (TPSA) is 84.9 Å². The number of aryl methyl sites for hydroxylation is 1. The van der Waals surface area contributed by atoms with Gasteiger partial charge in [-0.3, -0.25) is 4.79 Å². The lowest BCUT2D eigenvalue weighted by molar-refractivity contribution is -0.148. The Bertz CT molecular complexity index is 554. The number of halogens is 1. The van der Waals surface area contributed by atoms with E-state index in [1.807, 2.05) is 19.1 Å². The molecule has 0 saturated carbocycles. The van der Waals surface area contributed by atoms with E-state index in [4.69, 9.17) is 9.47 Å². The molecule has 1 aliphatic rings. The summed E-state index contributed by atoms with van der Waals surface area (Å²) in [6.07, 6.45) is 0.252. The molecule has 2 N–H and O–H groups in total. The number of carboxylic acids is 1. The molecule has 21 heavy (non-hydrogen) atoms. The standard InChI is InChI=1S/C14H16BrNO5/c1-9-2-3-11(10(15)6-9)21-7-12(17)16-14(13(18)19)4-5-20-8-14/h2-3,6H,4-5,7-8H2,1H3,(H,16,17)(H,18,19). The highest BCUT2D eigenvalue weighted by molar-refractivity contribution is 9.10. The van der Waals surface area contributed by atoms with Gasteiger partial charge in [-0.1, -0.05) is 6.07 Å². The summed E-state index contributed by atoms with van der Waals surface area (Å²) in [6.45, 7) is 1.98. The summed E-state index contributed by atoms with van der Waals surface area (Å²) in [5.41, 5.74) is -0.281. The number of aliphatic carboxylic acids is 1. The van der Waals surface area contributed by atoms with Crippen molar-refractivity contribution in [3.05, 3.63) is 28.2 Å². The van der Waals surface area contributed by atoms with Crippen LogP contribution >= 0.6 is 15.9 Å². The largest absolute Gasteiger partial charge is 0.483 e. The van der Waals surface area contributed by atoms with Crippen molar-refractivity contribution < 1.29 is 24.2 Å². The Labute approximate surface area is 130 Å². The zero-order chi connectivity index (χ0) is 15.5. The van der Waals surface area contributed by atoms with Gasteiger partial charge in [-0.2, -0.15) is 0 Å². The Kier molecular flexibility index (Phi) is 4.84. The minimum Gasteiger partial charge on any atom is -0.483 e. The molecule has 0 aliphatic carbocycles. The van der Waals surface area contributed by atoms with Crippen molar-refractivity contribution in [3.8, 4) is 5.75 Å². The van der Waals surface area contributed by atoms with E-state index in [1.165, 1.54) is 0 Å². The molecule has 1 heterocycles. The second kappa shape index (κ2) is 6.44. The van der Waals surface area contributed by atoms with E-state index in [1.54, 1.807) is 6.07 Å². The van der Waals surface area contributed by atoms with Gasteiger partial charge in [0.15, 0.2) is 12.1 Å². The van der Waals surface area contributed by atoms with E-state index < -0.39 is 17.4 Å². The van der Waals surface area contributed by atoms with Crippen molar-refractivity contribution >= 4 is 27.8 Å². The number of ether oxygens (including phenoxy) is 2. The number of rotatable bonds is 5. The quantitative estimate of drug-likeness (QED) is 0.833. The number of amides is 1. The molecule has 1 aliphatic heterocycles. The van der Waals surface area contributed by atoms with E-state index in [9.17, 15) is 14.7 Å². The van der Waals surface area contributed by atoms with Crippen LogP contribution in [0.1, 0.15) is 12.0 Å². The van der Waals surface area contributed by atoms with Crippen molar-refractivity contribution in [2.24, 2.45) is 0 Å². The number of benzene rings is 1. The number of nitrogens with one attached hydrogen (secondary N) is 1. The lowest BCUT2D eigenvalue weighted by Crippen LogP contribution is -2.56. The van der Waals surface area contributed by atoms with E-state index in [2.05, 4.69) is 21.2 Å². The fourth-order valence-corrected chi connectivity index (χ4v) is 2.66. The van der Waals surface area contributed by atoms with Crippen LogP contribution in [0.3, 0.4) is 0 Å². The zero-order valence-corrected chi connectivity index (χ0v) is 13.1. The first-order valence-electron chi connectivity index (χ1n) is 6.44. The molecule has 0 bridgehead atoms. The van der Waals surface area contributed by atoms with Crippen molar-refractivity contribution in [2.75, 3.05) is 19.8 Å². The van der Waals surface area contributed by atoms with Crippen LogP contribution in [-0.2, 0) is 14.3 Å². The van der Waals surface area contributed by atoms with Crippen LogP contribution in [-0.4, -0.2) is 42.3 Å². The molecular weight excluding hydrogens is 342 g/mol. The van der Waals surface area contributed by atoms with Gasteiger partial charge in [-0.15, -0.1) is 0 Å². The minimum absolute atomic E-state index is 0.0255. The van der Waals surface area contributed by atoms with Gasteiger partial charge in [-0.05, 0) is 40.5 Å². The van der Waals surface area contributed by atoms with Gasteiger partial charge in [0, 0.05) is 13.0 Å². The summed E-state index contributed by atoms with van der Waals surface area (Å²) in [4.78, 5) is 23.2. The fourth-order valence-electron chi connectivity index (χ4n) is 2.05. The molecule has 0 spiro atoms. The molecular formula is C14H16BrNO5. The Morgan fingerprint density at radius 1 is 1.52 bits per heavy atom. The maximum Gasteiger partial charge on any atom is 0.331 e. The van der Waals surface area contributed by atoms with Gasteiger partial charge in [0.05, 0.1) is 11.1 Å². The van der Waals surface area contributed by atoms with Gasteiger partial charge in [-0.25, -0.2) is 4.79 Å². The van der Waals surface area contributed by atoms with E-state index in [0.717, 1.165) is 10.0 Å². The number of carboxylic acid groups (broad SMARTS) is 1. The van der Waals surface area contributed by atoms with Crippen LogP contribution in [0, 0.1) is 6.92 Å². The van der Waals surface area contributed by atoms with Gasteiger partial charge in [0.25, 0.3) is 5.91 Å². The average molecular weight is 358 g/mol. The third kappa shape index (κ3) is 3.74. The fraction of sp³-hybridized carbons (Fsp3) is 0.429. The highest BCUT2D eigenvalue weighted by Gasteiger charge is 2.43. The molecule has 7 heteroatoms. The smallest absolute Gasteiger partial charge is 0.331 e. The maximum atomic E-state index is 11.9. The first-order valence-corrected chi connectivity index (χ1v) is 7.23. The predicted molar refractivity (Wildman–Crippen MR) is 78.3 cm³/mol. The number of carbonyl (C=O) groups is 2. The van der Waals surface area contributed by atoms with Crippen LogP contribution in [0.4, 0.5) is 0 Å². The monoisotopic (exact) mass is 357 g/mol. The summed E-state index contributed by atoms with van der Waals surface area (Å²) in [5, 5.41) is 11.7. The highest BCUT2D eigenvalue weighted by Crippen LogP contribution is 2.25. The van der Waals surface area contributed by atoms with E-state index >= 15 is 0 Å². The van der Waals surface area contributed by atoms with Crippen molar-refractivity contribution in [1.29, 1.82) is 0 Å². The molecule has 1 saturated heterocycles. The third-order valence-corrected chi connectivity index (χ3v) is 3.88. The van der Waals surface area contributed by atoms with Crippen LogP contribution in [0.15, 0.2) is 22.7 Å². The third-order valence-electron chi connectivity index (χ3n) is 3.26. The first-order chi connectivity index (χ1) is 9.93. The molecule has 2 rings (SSSR count). The van der Waals surface area contributed by atoms with Crippen molar-refractivity contribution in [1.82, 2.24) is 5.32 Å². The second-order valence-electron chi connectivity index (χ2n) is 4.96. The lowest BCUT2D eigenvalue weighted by Gasteiger charge is -2.23. The summed E-state index contributed by atoms with van der Waals surface area (Å²) < 4.78 is 11.2. The SMILES string of the molecule is Cc1ccc(OCC(=O)NC2(C(=O)O)CCOC2)c(Br)c1. The zero-order valence-electron chi connectivity index (χ0n) is 11.5. The maximum absolute atomic E-state index is 11.9. The highest BCUT2D eigenvalue weighted by atomic mass is 79.9. The molecule has 1 unspecified atom stereocenters. The molecule has 6 nitrogen and oxygen atoms in total. The molecule has 114 valence electrons. The van der Waals surface area contributed by atoms with E-state index in [0.29, 0.717) is 12.4 Å². The van der Waals surface area contributed by atoms with Crippen molar-refractivity contribution in [3.63, 3.8) is 0 Å². The van der Waals surface area contributed by atoms with Gasteiger partial charge >= 0.3 is 5.97 Å². The lowest BCUT2D eigenvalue weighted by atomic mass is 9.99. The summed E-state index contributed by atoms with van der Waals surface area (Å²) in [7, 11) is 0. The Morgan fingerprint density at radius 3 is 2.86 bits per heavy atom. The number of hydrogen-bond donors (Lipinski definition) is 2. The molecule has 0 radical (unpaired) electrons. The van der Waals surface area contributed by atoms with Crippen molar-refractivity contribution in [2.45, 2.75) is 18.9 Å². The first kappa shape index (κ1) is 15.8. The minimum atomic E-state index is -1.34. The molecule has 1 amide bonds. The normalized spacial score (nSPS) is 21.0. The summed E-state index contributed by atoms with van der Waals surface area (Å²) in [6, 6.07) is 5.48.